The minimum absolute atomic E-state index is 0.0670. The molecule has 0 bridgehead atoms. The van der Waals surface area contributed by atoms with Gasteiger partial charge in [-0.3, -0.25) is 4.79 Å². The molecule has 0 aliphatic carbocycles. The van der Waals surface area contributed by atoms with Crippen LogP contribution in [0.4, 0.5) is 0 Å². The molecule has 1 N–H and O–H groups in total. The first-order valence-corrected chi connectivity index (χ1v) is 10.1. The van der Waals surface area contributed by atoms with Gasteiger partial charge in [-0.1, -0.05) is 27.7 Å². The third-order valence-corrected chi connectivity index (χ3v) is 5.58. The van der Waals surface area contributed by atoms with E-state index in [1.807, 2.05) is 23.6 Å². The van der Waals surface area contributed by atoms with Crippen molar-refractivity contribution in [2.75, 3.05) is 19.0 Å². The lowest BCUT2D eigenvalue weighted by atomic mass is 10.1. The van der Waals surface area contributed by atoms with Crippen molar-refractivity contribution in [2.45, 2.75) is 38.0 Å². The number of fused-ring (bicyclic) bond motifs is 1. The standard InChI is InChI=1S/C17H21BrN4O3S/c1-10(2)22-9-19-21-17(22)26-8-16(23)20-11(3)12-6-14-15(7-13(12)18)25-5-4-24-14/h6-7,9-11H,4-5,8H2,1-3H3,(H,20,23). The van der Waals surface area contributed by atoms with E-state index in [0.717, 1.165) is 15.2 Å². The van der Waals surface area contributed by atoms with Gasteiger partial charge in [0.05, 0.1) is 11.8 Å². The Morgan fingerprint density at radius 2 is 2.00 bits per heavy atom. The number of aromatic nitrogens is 3. The van der Waals surface area contributed by atoms with Crippen molar-refractivity contribution in [3.8, 4) is 11.5 Å². The number of carbonyl (C=O) groups is 1. The van der Waals surface area contributed by atoms with Crippen LogP contribution in [-0.4, -0.2) is 39.6 Å². The molecule has 1 aliphatic rings. The summed E-state index contributed by atoms with van der Waals surface area (Å²) in [6, 6.07) is 3.87. The van der Waals surface area contributed by atoms with E-state index in [-0.39, 0.29) is 23.7 Å². The highest BCUT2D eigenvalue weighted by Crippen LogP contribution is 2.37. The zero-order valence-corrected chi connectivity index (χ0v) is 17.3. The third-order valence-electron chi connectivity index (χ3n) is 3.93. The second kappa shape index (κ2) is 8.30. The Kier molecular flexibility index (Phi) is 6.08. The lowest BCUT2D eigenvalue weighted by molar-refractivity contribution is -0.119. The molecule has 1 aliphatic heterocycles. The van der Waals surface area contributed by atoms with Crippen LogP contribution in [0.15, 0.2) is 28.1 Å². The molecule has 0 saturated heterocycles. The molecular weight excluding hydrogens is 420 g/mol. The van der Waals surface area contributed by atoms with Crippen molar-refractivity contribution >= 4 is 33.6 Å². The van der Waals surface area contributed by atoms with Crippen molar-refractivity contribution in [1.29, 1.82) is 0 Å². The normalized spacial score (nSPS) is 14.3. The Hall–Kier alpha value is -1.74. The fourth-order valence-corrected chi connectivity index (χ4v) is 4.11. The Morgan fingerprint density at radius 3 is 2.69 bits per heavy atom. The van der Waals surface area contributed by atoms with Crippen LogP contribution in [0, 0.1) is 0 Å². The van der Waals surface area contributed by atoms with E-state index in [4.69, 9.17) is 9.47 Å². The van der Waals surface area contributed by atoms with Crippen LogP contribution < -0.4 is 14.8 Å². The molecule has 1 amide bonds. The molecular formula is C17H21BrN4O3S. The number of halogens is 1. The number of hydrogen-bond donors (Lipinski definition) is 1. The fourth-order valence-electron chi connectivity index (χ4n) is 2.59. The maximum Gasteiger partial charge on any atom is 0.230 e. The van der Waals surface area contributed by atoms with Crippen molar-refractivity contribution in [1.82, 2.24) is 20.1 Å². The second-order valence-corrected chi connectivity index (χ2v) is 8.01. The molecule has 0 fully saturated rings. The average molecular weight is 441 g/mol. The number of rotatable bonds is 6. The number of nitrogens with one attached hydrogen (secondary N) is 1. The lowest BCUT2D eigenvalue weighted by Gasteiger charge is -2.22. The molecule has 1 atom stereocenters. The summed E-state index contributed by atoms with van der Waals surface area (Å²) in [4.78, 5) is 12.3. The zero-order chi connectivity index (χ0) is 18.7. The SMILES string of the molecule is CC(NC(=O)CSc1nncn1C(C)C)c1cc2c(cc1Br)OCCO2. The van der Waals surface area contributed by atoms with Crippen molar-refractivity contribution in [2.24, 2.45) is 0 Å². The fraction of sp³-hybridized carbons (Fsp3) is 0.471. The lowest BCUT2D eigenvalue weighted by Crippen LogP contribution is -2.28. The first-order chi connectivity index (χ1) is 12.5. The van der Waals surface area contributed by atoms with Crippen LogP contribution >= 0.6 is 27.7 Å². The van der Waals surface area contributed by atoms with Gasteiger partial charge in [0.25, 0.3) is 0 Å². The third kappa shape index (κ3) is 4.32. The van der Waals surface area contributed by atoms with E-state index in [1.165, 1.54) is 11.8 Å². The van der Waals surface area contributed by atoms with Crippen molar-refractivity contribution < 1.29 is 14.3 Å². The molecule has 9 heteroatoms. The van der Waals surface area contributed by atoms with Gasteiger partial charge < -0.3 is 19.4 Å². The minimum atomic E-state index is -0.170. The van der Waals surface area contributed by atoms with Crippen LogP contribution in [0.25, 0.3) is 0 Å². The number of carbonyl (C=O) groups excluding carboxylic acids is 1. The Balaban J connectivity index is 1.61. The number of thioether (sulfide) groups is 1. The van der Waals surface area contributed by atoms with Crippen molar-refractivity contribution in [3.63, 3.8) is 0 Å². The molecule has 0 saturated carbocycles. The summed E-state index contributed by atoms with van der Waals surface area (Å²) in [6.45, 7) is 7.12. The summed E-state index contributed by atoms with van der Waals surface area (Å²) in [5, 5.41) is 11.7. The van der Waals surface area contributed by atoms with E-state index >= 15 is 0 Å². The molecule has 3 rings (SSSR count). The number of nitrogens with zero attached hydrogens (tertiary/aromatic N) is 3. The summed E-state index contributed by atoms with van der Waals surface area (Å²) in [7, 11) is 0. The molecule has 0 radical (unpaired) electrons. The summed E-state index contributed by atoms with van der Waals surface area (Å²) in [6.07, 6.45) is 1.68. The molecule has 1 aromatic heterocycles. The Bertz CT molecular complexity index is 796. The topological polar surface area (TPSA) is 78.3 Å². The minimum Gasteiger partial charge on any atom is -0.486 e. The molecule has 2 aromatic rings. The summed E-state index contributed by atoms with van der Waals surface area (Å²) >= 11 is 4.92. The second-order valence-electron chi connectivity index (χ2n) is 6.21. The summed E-state index contributed by atoms with van der Waals surface area (Å²) < 4.78 is 14.0. The smallest absolute Gasteiger partial charge is 0.230 e. The average Bonchev–Trinajstić information content (AvgIpc) is 3.08. The first kappa shape index (κ1) is 19.0. The maximum absolute atomic E-state index is 12.3. The van der Waals surface area contributed by atoms with Gasteiger partial charge >= 0.3 is 0 Å². The first-order valence-electron chi connectivity index (χ1n) is 8.36. The van der Waals surface area contributed by atoms with Gasteiger partial charge in [0.15, 0.2) is 16.7 Å². The molecule has 1 unspecified atom stereocenters. The molecule has 26 heavy (non-hydrogen) atoms. The largest absolute Gasteiger partial charge is 0.486 e. The van der Waals surface area contributed by atoms with E-state index in [0.29, 0.717) is 24.7 Å². The van der Waals surface area contributed by atoms with Crippen LogP contribution in [-0.2, 0) is 4.79 Å². The van der Waals surface area contributed by atoms with Gasteiger partial charge in [0, 0.05) is 10.5 Å². The maximum atomic E-state index is 12.3. The van der Waals surface area contributed by atoms with Crippen LogP contribution in [0.1, 0.15) is 38.4 Å². The Morgan fingerprint density at radius 1 is 1.31 bits per heavy atom. The highest BCUT2D eigenvalue weighted by Gasteiger charge is 2.19. The van der Waals surface area contributed by atoms with Gasteiger partial charge in [-0.05, 0) is 38.5 Å². The number of hydrogen-bond acceptors (Lipinski definition) is 6. The number of benzene rings is 1. The van der Waals surface area contributed by atoms with Crippen molar-refractivity contribution in [3.05, 3.63) is 28.5 Å². The Labute approximate surface area is 165 Å². The molecule has 1 aromatic carbocycles. The van der Waals surface area contributed by atoms with E-state index in [2.05, 4.69) is 45.3 Å². The highest BCUT2D eigenvalue weighted by molar-refractivity contribution is 9.10. The molecule has 2 heterocycles. The van der Waals surface area contributed by atoms with E-state index < -0.39 is 0 Å². The molecule has 140 valence electrons. The van der Waals surface area contributed by atoms with Gasteiger partial charge in [-0.25, -0.2) is 0 Å². The van der Waals surface area contributed by atoms with Crippen LogP contribution in [0.2, 0.25) is 0 Å². The number of ether oxygens (including phenoxy) is 2. The summed E-state index contributed by atoms with van der Waals surface area (Å²) in [5.41, 5.74) is 0.943. The molecule has 7 nitrogen and oxygen atoms in total. The zero-order valence-electron chi connectivity index (χ0n) is 14.9. The predicted molar refractivity (Wildman–Crippen MR) is 103 cm³/mol. The van der Waals surface area contributed by atoms with Gasteiger partial charge in [0.1, 0.15) is 19.5 Å². The van der Waals surface area contributed by atoms with Crippen LogP contribution in [0.3, 0.4) is 0 Å². The molecule has 0 spiro atoms. The van der Waals surface area contributed by atoms with E-state index in [1.54, 1.807) is 6.33 Å². The van der Waals surface area contributed by atoms with E-state index in [9.17, 15) is 4.79 Å². The van der Waals surface area contributed by atoms with Gasteiger partial charge in [-0.2, -0.15) is 0 Å². The highest BCUT2D eigenvalue weighted by atomic mass is 79.9. The monoisotopic (exact) mass is 440 g/mol. The van der Waals surface area contributed by atoms with Gasteiger partial charge in [-0.15, -0.1) is 10.2 Å². The quantitative estimate of drug-likeness (QED) is 0.693. The summed E-state index contributed by atoms with van der Waals surface area (Å²) in [5.74, 6) is 1.63. The number of amides is 1. The van der Waals surface area contributed by atoms with Crippen LogP contribution in [0.5, 0.6) is 11.5 Å². The van der Waals surface area contributed by atoms with Gasteiger partial charge in [0.2, 0.25) is 5.91 Å². The predicted octanol–water partition coefficient (Wildman–Crippen LogP) is 3.36.